The van der Waals surface area contributed by atoms with E-state index in [2.05, 4.69) is 5.32 Å². The van der Waals surface area contributed by atoms with Crippen molar-refractivity contribution in [2.45, 2.75) is 13.8 Å². The third-order valence-electron chi connectivity index (χ3n) is 4.17. The lowest BCUT2D eigenvalue weighted by molar-refractivity contribution is -0.119. The van der Waals surface area contributed by atoms with Gasteiger partial charge in [-0.1, -0.05) is 41.9 Å². The molecule has 0 atom stereocenters. The molecular weight excluding hydrogens is 410 g/mol. The van der Waals surface area contributed by atoms with Crippen molar-refractivity contribution in [1.29, 1.82) is 0 Å². The van der Waals surface area contributed by atoms with E-state index in [1.165, 1.54) is 17.4 Å². The van der Waals surface area contributed by atoms with Gasteiger partial charge in [0, 0.05) is 5.56 Å². The van der Waals surface area contributed by atoms with E-state index in [1.807, 2.05) is 19.9 Å². The summed E-state index contributed by atoms with van der Waals surface area (Å²) in [5, 5.41) is 4.86. The molecule has 0 radical (unpaired) electrons. The Hall–Kier alpha value is -2.96. The maximum Gasteiger partial charge on any atom is 0.339 e. The first-order chi connectivity index (χ1) is 13.9. The highest BCUT2D eigenvalue weighted by Crippen LogP contribution is 2.27. The summed E-state index contributed by atoms with van der Waals surface area (Å²) in [6.07, 6.45) is 0. The van der Waals surface area contributed by atoms with Crippen LogP contribution in [0, 0.1) is 13.8 Å². The monoisotopic (exact) mass is 427 g/mol. The first kappa shape index (κ1) is 20.8. The van der Waals surface area contributed by atoms with Gasteiger partial charge >= 0.3 is 5.97 Å². The Morgan fingerprint density at radius 1 is 1.03 bits per heavy atom. The minimum absolute atomic E-state index is 0.114. The van der Waals surface area contributed by atoms with Crippen LogP contribution in [-0.4, -0.2) is 24.3 Å². The maximum absolute atomic E-state index is 12.6. The Morgan fingerprint density at radius 2 is 1.76 bits per heavy atom. The van der Waals surface area contributed by atoms with Gasteiger partial charge in [-0.05, 0) is 48.6 Å². The summed E-state index contributed by atoms with van der Waals surface area (Å²) in [6.45, 7) is 3.23. The van der Waals surface area contributed by atoms with Gasteiger partial charge in [-0.25, -0.2) is 4.79 Å². The van der Waals surface area contributed by atoms with Crippen LogP contribution in [0.15, 0.2) is 53.9 Å². The molecule has 0 bridgehead atoms. The zero-order valence-electron chi connectivity index (χ0n) is 15.8. The number of ether oxygens (including phenoxy) is 1. The van der Waals surface area contributed by atoms with E-state index >= 15 is 0 Å². The standard InChI is InChI=1S/C22H18ClNO4S/c1-13-10-14(2)20(17(23)11-13)24-19(25)12-28-22(27)16-7-4-3-6-15(16)21(26)18-8-5-9-29-18/h3-11H,12H2,1-2H3,(H,24,25). The molecule has 1 amide bonds. The number of carbonyl (C=O) groups is 3. The summed E-state index contributed by atoms with van der Waals surface area (Å²) >= 11 is 7.47. The zero-order chi connectivity index (χ0) is 21.0. The van der Waals surface area contributed by atoms with Crippen molar-refractivity contribution in [3.05, 3.63) is 86.1 Å². The molecule has 1 N–H and O–H groups in total. The first-order valence-corrected chi connectivity index (χ1v) is 10.0. The fourth-order valence-electron chi connectivity index (χ4n) is 2.86. The van der Waals surface area contributed by atoms with E-state index in [0.717, 1.165) is 11.1 Å². The van der Waals surface area contributed by atoms with Crippen molar-refractivity contribution >= 4 is 46.3 Å². The SMILES string of the molecule is Cc1cc(C)c(NC(=O)COC(=O)c2ccccc2C(=O)c2cccs2)c(Cl)c1. The minimum atomic E-state index is -0.743. The topological polar surface area (TPSA) is 72.5 Å². The van der Waals surface area contributed by atoms with E-state index < -0.39 is 18.5 Å². The Kier molecular flexibility index (Phi) is 6.46. The van der Waals surface area contributed by atoms with Crippen LogP contribution in [0.1, 0.15) is 36.7 Å². The number of amides is 1. The Labute approximate surface area is 177 Å². The van der Waals surface area contributed by atoms with Crippen LogP contribution in [0.4, 0.5) is 5.69 Å². The van der Waals surface area contributed by atoms with E-state index in [1.54, 1.807) is 41.8 Å². The maximum atomic E-state index is 12.6. The molecule has 0 fully saturated rings. The number of aryl methyl sites for hydroxylation is 2. The smallest absolute Gasteiger partial charge is 0.339 e. The average Bonchev–Trinajstić information content (AvgIpc) is 3.23. The number of rotatable bonds is 6. The third kappa shape index (κ3) is 4.91. The summed E-state index contributed by atoms with van der Waals surface area (Å²) in [6, 6.07) is 13.5. The third-order valence-corrected chi connectivity index (χ3v) is 5.33. The molecular formula is C22H18ClNO4S. The Balaban J connectivity index is 1.69. The number of anilines is 1. The molecule has 0 saturated carbocycles. The quantitative estimate of drug-likeness (QED) is 0.441. The molecule has 0 aliphatic heterocycles. The molecule has 1 aromatic heterocycles. The van der Waals surface area contributed by atoms with E-state index in [9.17, 15) is 14.4 Å². The van der Waals surface area contributed by atoms with E-state index in [4.69, 9.17) is 16.3 Å². The number of esters is 1. The molecule has 29 heavy (non-hydrogen) atoms. The van der Waals surface area contributed by atoms with Crippen molar-refractivity contribution in [3.8, 4) is 0 Å². The van der Waals surface area contributed by atoms with Crippen LogP contribution in [-0.2, 0) is 9.53 Å². The predicted molar refractivity (Wildman–Crippen MR) is 114 cm³/mol. The summed E-state index contributed by atoms with van der Waals surface area (Å²) in [5.74, 6) is -1.53. The molecule has 2 aromatic carbocycles. The number of carbonyl (C=O) groups excluding carboxylic acids is 3. The van der Waals surface area contributed by atoms with Gasteiger partial charge in [0.25, 0.3) is 5.91 Å². The predicted octanol–water partition coefficient (Wildman–Crippen LogP) is 5.04. The molecule has 3 rings (SSSR count). The molecule has 0 aliphatic carbocycles. The molecule has 3 aromatic rings. The van der Waals surface area contributed by atoms with E-state index in [0.29, 0.717) is 15.6 Å². The fraction of sp³-hybridized carbons (Fsp3) is 0.136. The number of nitrogens with one attached hydrogen (secondary N) is 1. The van der Waals surface area contributed by atoms with Gasteiger partial charge in [0.05, 0.1) is 21.2 Å². The van der Waals surface area contributed by atoms with Gasteiger partial charge in [-0.3, -0.25) is 9.59 Å². The largest absolute Gasteiger partial charge is 0.452 e. The number of hydrogen-bond acceptors (Lipinski definition) is 5. The van der Waals surface area contributed by atoms with Gasteiger partial charge in [0.1, 0.15) is 0 Å². The van der Waals surface area contributed by atoms with Crippen LogP contribution in [0.2, 0.25) is 5.02 Å². The second-order valence-corrected chi connectivity index (χ2v) is 7.77. The highest BCUT2D eigenvalue weighted by atomic mass is 35.5. The lowest BCUT2D eigenvalue weighted by Crippen LogP contribution is -2.22. The van der Waals surface area contributed by atoms with Crippen LogP contribution in [0.25, 0.3) is 0 Å². The van der Waals surface area contributed by atoms with Gasteiger partial charge in [-0.2, -0.15) is 0 Å². The minimum Gasteiger partial charge on any atom is -0.452 e. The second kappa shape index (κ2) is 9.03. The molecule has 0 aliphatic rings. The highest BCUT2D eigenvalue weighted by Gasteiger charge is 2.20. The molecule has 0 saturated heterocycles. The molecule has 0 spiro atoms. The van der Waals surface area contributed by atoms with Gasteiger partial charge in [-0.15, -0.1) is 11.3 Å². The normalized spacial score (nSPS) is 10.4. The van der Waals surface area contributed by atoms with Gasteiger partial charge in [0.15, 0.2) is 6.61 Å². The summed E-state index contributed by atoms with van der Waals surface area (Å²) in [5.41, 5.74) is 2.61. The molecule has 148 valence electrons. The van der Waals surface area contributed by atoms with E-state index in [-0.39, 0.29) is 16.9 Å². The number of halogens is 1. The molecule has 7 heteroatoms. The van der Waals surface area contributed by atoms with Gasteiger partial charge in [0.2, 0.25) is 5.78 Å². The van der Waals surface area contributed by atoms with Crippen LogP contribution in [0.5, 0.6) is 0 Å². The van der Waals surface area contributed by atoms with Crippen LogP contribution < -0.4 is 5.32 Å². The summed E-state index contributed by atoms with van der Waals surface area (Å²) < 4.78 is 5.13. The Morgan fingerprint density at radius 3 is 2.41 bits per heavy atom. The molecule has 1 heterocycles. The van der Waals surface area contributed by atoms with Crippen LogP contribution >= 0.6 is 22.9 Å². The van der Waals surface area contributed by atoms with Crippen molar-refractivity contribution in [2.24, 2.45) is 0 Å². The second-order valence-electron chi connectivity index (χ2n) is 6.41. The van der Waals surface area contributed by atoms with Crippen molar-refractivity contribution in [1.82, 2.24) is 0 Å². The lowest BCUT2D eigenvalue weighted by Gasteiger charge is -2.12. The highest BCUT2D eigenvalue weighted by molar-refractivity contribution is 7.12. The Bertz CT molecular complexity index is 1050. The molecule has 5 nitrogen and oxygen atoms in total. The number of hydrogen-bond donors (Lipinski definition) is 1. The zero-order valence-corrected chi connectivity index (χ0v) is 17.4. The van der Waals surface area contributed by atoms with Crippen molar-refractivity contribution in [2.75, 3.05) is 11.9 Å². The van der Waals surface area contributed by atoms with Gasteiger partial charge < -0.3 is 10.1 Å². The number of ketones is 1. The summed E-state index contributed by atoms with van der Waals surface area (Å²) in [7, 11) is 0. The lowest BCUT2D eigenvalue weighted by atomic mass is 10.0. The van der Waals surface area contributed by atoms with Crippen molar-refractivity contribution < 1.29 is 19.1 Å². The van der Waals surface area contributed by atoms with Crippen molar-refractivity contribution in [3.63, 3.8) is 0 Å². The fourth-order valence-corrected chi connectivity index (χ4v) is 3.90. The molecule has 0 unspecified atom stereocenters. The summed E-state index contributed by atoms with van der Waals surface area (Å²) in [4.78, 5) is 37.9. The first-order valence-electron chi connectivity index (χ1n) is 8.77. The number of benzene rings is 2. The number of thiophene rings is 1. The average molecular weight is 428 g/mol. The van der Waals surface area contributed by atoms with Crippen LogP contribution in [0.3, 0.4) is 0 Å².